The van der Waals surface area contributed by atoms with Crippen molar-refractivity contribution in [3.63, 3.8) is 0 Å². The Bertz CT molecular complexity index is 319. The molecular formula is C10H11NOS. The molecule has 0 heterocycles. The van der Waals surface area contributed by atoms with Gasteiger partial charge in [0.25, 0.3) is 0 Å². The lowest BCUT2D eigenvalue weighted by atomic mass is 10.3. The number of aromatic hydroxyl groups is 1. The van der Waals surface area contributed by atoms with Crippen molar-refractivity contribution in [1.82, 2.24) is 0 Å². The fourth-order valence-corrected chi connectivity index (χ4v) is 1.78. The van der Waals surface area contributed by atoms with Crippen molar-refractivity contribution >= 4 is 11.8 Å². The molecule has 0 aliphatic heterocycles. The van der Waals surface area contributed by atoms with Crippen molar-refractivity contribution in [2.45, 2.75) is 23.5 Å². The van der Waals surface area contributed by atoms with Crippen molar-refractivity contribution in [1.29, 1.82) is 5.26 Å². The lowest BCUT2D eigenvalue weighted by molar-refractivity contribution is 0.462. The van der Waals surface area contributed by atoms with Gasteiger partial charge in [-0.05, 0) is 18.6 Å². The molecular weight excluding hydrogens is 182 g/mol. The first-order chi connectivity index (χ1) is 6.27. The van der Waals surface area contributed by atoms with Gasteiger partial charge in [-0.25, -0.2) is 0 Å². The molecule has 1 atom stereocenters. The highest BCUT2D eigenvalue weighted by Gasteiger charge is 2.08. The van der Waals surface area contributed by atoms with Crippen LogP contribution in [0.15, 0.2) is 29.2 Å². The first-order valence-corrected chi connectivity index (χ1v) is 5.00. The van der Waals surface area contributed by atoms with Gasteiger partial charge in [0, 0.05) is 0 Å². The van der Waals surface area contributed by atoms with Crippen molar-refractivity contribution in [3.8, 4) is 11.8 Å². The van der Waals surface area contributed by atoms with Gasteiger partial charge in [0.05, 0.1) is 16.2 Å². The molecule has 0 spiro atoms. The minimum Gasteiger partial charge on any atom is -0.507 e. The van der Waals surface area contributed by atoms with Crippen LogP contribution in [-0.4, -0.2) is 10.4 Å². The van der Waals surface area contributed by atoms with E-state index in [1.165, 1.54) is 11.8 Å². The van der Waals surface area contributed by atoms with Gasteiger partial charge in [0.1, 0.15) is 5.75 Å². The monoisotopic (exact) mass is 193 g/mol. The van der Waals surface area contributed by atoms with Crippen LogP contribution in [0.4, 0.5) is 0 Å². The second kappa shape index (κ2) is 4.78. The van der Waals surface area contributed by atoms with Crippen molar-refractivity contribution in [3.05, 3.63) is 24.3 Å². The molecule has 2 nitrogen and oxygen atoms in total. The molecule has 1 aromatic carbocycles. The third-order valence-electron chi connectivity index (χ3n) is 1.65. The van der Waals surface area contributed by atoms with Gasteiger partial charge in [0.15, 0.2) is 0 Å². The van der Waals surface area contributed by atoms with Crippen LogP contribution in [0, 0.1) is 11.3 Å². The molecule has 0 bridgehead atoms. The Morgan fingerprint density at radius 1 is 1.54 bits per heavy atom. The molecule has 68 valence electrons. The summed E-state index contributed by atoms with van der Waals surface area (Å²) < 4.78 is 0. The molecule has 0 radical (unpaired) electrons. The van der Waals surface area contributed by atoms with E-state index < -0.39 is 0 Å². The Morgan fingerprint density at radius 2 is 2.23 bits per heavy atom. The van der Waals surface area contributed by atoms with E-state index in [0.29, 0.717) is 0 Å². The number of benzene rings is 1. The quantitative estimate of drug-likeness (QED) is 0.751. The van der Waals surface area contributed by atoms with Crippen LogP contribution in [0.2, 0.25) is 0 Å². The van der Waals surface area contributed by atoms with Crippen LogP contribution >= 0.6 is 11.8 Å². The zero-order chi connectivity index (χ0) is 9.68. The molecule has 13 heavy (non-hydrogen) atoms. The third-order valence-corrected chi connectivity index (χ3v) is 2.97. The maximum atomic E-state index is 9.42. The summed E-state index contributed by atoms with van der Waals surface area (Å²) in [6.07, 6.45) is 0.787. The largest absolute Gasteiger partial charge is 0.507 e. The number of nitrogens with zero attached hydrogens (tertiary/aromatic N) is 1. The van der Waals surface area contributed by atoms with E-state index in [2.05, 4.69) is 6.07 Å². The van der Waals surface area contributed by atoms with E-state index in [9.17, 15) is 5.11 Å². The average Bonchev–Trinajstić information content (AvgIpc) is 2.17. The molecule has 0 saturated carbocycles. The van der Waals surface area contributed by atoms with Gasteiger partial charge >= 0.3 is 0 Å². The summed E-state index contributed by atoms with van der Waals surface area (Å²) in [5.41, 5.74) is 0. The Kier molecular flexibility index (Phi) is 3.66. The summed E-state index contributed by atoms with van der Waals surface area (Å²) >= 11 is 1.40. The molecule has 0 aliphatic rings. The number of rotatable bonds is 3. The zero-order valence-corrected chi connectivity index (χ0v) is 8.21. The fourth-order valence-electron chi connectivity index (χ4n) is 0.911. The fraction of sp³-hybridized carbons (Fsp3) is 0.300. The van der Waals surface area contributed by atoms with E-state index in [4.69, 9.17) is 5.26 Å². The van der Waals surface area contributed by atoms with Crippen molar-refractivity contribution in [2.24, 2.45) is 0 Å². The number of nitriles is 1. The highest BCUT2D eigenvalue weighted by Crippen LogP contribution is 2.31. The van der Waals surface area contributed by atoms with Gasteiger partial charge in [0.2, 0.25) is 0 Å². The average molecular weight is 193 g/mol. The Balaban J connectivity index is 2.74. The van der Waals surface area contributed by atoms with Crippen LogP contribution < -0.4 is 0 Å². The number of para-hydroxylation sites is 1. The molecule has 0 saturated heterocycles. The Morgan fingerprint density at radius 3 is 2.77 bits per heavy atom. The van der Waals surface area contributed by atoms with E-state index in [-0.39, 0.29) is 11.0 Å². The summed E-state index contributed by atoms with van der Waals surface area (Å²) in [5, 5.41) is 18.1. The molecule has 3 heteroatoms. The first kappa shape index (κ1) is 9.94. The smallest absolute Gasteiger partial charge is 0.129 e. The zero-order valence-electron chi connectivity index (χ0n) is 7.40. The minimum absolute atomic E-state index is 0.0756. The highest BCUT2D eigenvalue weighted by atomic mass is 32.2. The van der Waals surface area contributed by atoms with Crippen LogP contribution in [-0.2, 0) is 0 Å². The van der Waals surface area contributed by atoms with E-state index >= 15 is 0 Å². The van der Waals surface area contributed by atoms with Gasteiger partial charge < -0.3 is 5.11 Å². The summed E-state index contributed by atoms with van der Waals surface area (Å²) in [7, 11) is 0. The summed E-state index contributed by atoms with van der Waals surface area (Å²) in [5.74, 6) is 0.251. The van der Waals surface area contributed by atoms with E-state index in [0.717, 1.165) is 11.3 Å². The molecule has 0 fully saturated rings. The third kappa shape index (κ3) is 2.67. The first-order valence-electron chi connectivity index (χ1n) is 4.12. The number of hydrogen-bond donors (Lipinski definition) is 1. The van der Waals surface area contributed by atoms with Gasteiger partial charge in [-0.2, -0.15) is 5.26 Å². The number of phenols is 1. The van der Waals surface area contributed by atoms with Crippen LogP contribution in [0.25, 0.3) is 0 Å². The maximum absolute atomic E-state index is 9.42. The number of hydrogen-bond acceptors (Lipinski definition) is 3. The summed E-state index contributed by atoms with van der Waals surface area (Å²) in [6.45, 7) is 1.96. The van der Waals surface area contributed by atoms with Gasteiger partial charge in [-0.3, -0.25) is 0 Å². The number of thioether (sulfide) groups is 1. The van der Waals surface area contributed by atoms with Crippen LogP contribution in [0.3, 0.4) is 0 Å². The molecule has 1 N–H and O–H groups in total. The maximum Gasteiger partial charge on any atom is 0.129 e. The molecule has 1 rings (SSSR count). The second-order valence-electron chi connectivity index (χ2n) is 2.61. The Labute approximate surface area is 82.2 Å². The molecule has 0 amide bonds. The summed E-state index contributed by atoms with van der Waals surface area (Å²) in [4.78, 5) is 0.774. The lowest BCUT2D eigenvalue weighted by Gasteiger charge is -2.06. The van der Waals surface area contributed by atoms with E-state index in [1.807, 2.05) is 19.1 Å². The summed E-state index contributed by atoms with van der Waals surface area (Å²) in [6, 6.07) is 9.25. The molecule has 0 aliphatic carbocycles. The van der Waals surface area contributed by atoms with E-state index in [1.54, 1.807) is 12.1 Å². The van der Waals surface area contributed by atoms with Crippen LogP contribution in [0.5, 0.6) is 5.75 Å². The van der Waals surface area contributed by atoms with Crippen molar-refractivity contribution in [2.75, 3.05) is 0 Å². The van der Waals surface area contributed by atoms with Crippen molar-refractivity contribution < 1.29 is 5.11 Å². The number of phenolic OH excluding ortho intramolecular Hbond substituents is 1. The molecule has 0 aromatic heterocycles. The molecule has 1 aromatic rings. The van der Waals surface area contributed by atoms with Crippen LogP contribution in [0.1, 0.15) is 13.3 Å². The standard InChI is InChI=1S/C10H11NOS/c1-2-8(7-11)13-10-6-4-3-5-9(10)12/h3-6,8,12H,2H2,1H3. The SMILES string of the molecule is CCC(C#N)Sc1ccccc1O. The predicted molar refractivity (Wildman–Crippen MR) is 53.7 cm³/mol. The molecule has 1 unspecified atom stereocenters. The van der Waals surface area contributed by atoms with Gasteiger partial charge in [-0.1, -0.05) is 19.1 Å². The second-order valence-corrected chi connectivity index (χ2v) is 3.86. The normalized spacial score (nSPS) is 12.0. The Hall–Kier alpha value is -1.14. The highest BCUT2D eigenvalue weighted by molar-refractivity contribution is 8.00. The topological polar surface area (TPSA) is 44.0 Å². The van der Waals surface area contributed by atoms with Gasteiger partial charge in [-0.15, -0.1) is 11.8 Å². The predicted octanol–water partition coefficient (Wildman–Crippen LogP) is 2.79. The lowest BCUT2D eigenvalue weighted by Crippen LogP contribution is -1.94. The minimum atomic E-state index is -0.0756.